The van der Waals surface area contributed by atoms with Crippen LogP contribution in [-0.2, 0) is 0 Å². The van der Waals surface area contributed by atoms with Crippen LogP contribution < -0.4 is 18.9 Å². The average molecular weight is 506 g/mol. The molecule has 0 atom stereocenters. The Morgan fingerprint density at radius 2 is 0.921 bits per heavy atom. The highest BCUT2D eigenvalue weighted by Gasteiger charge is 2.17. The summed E-state index contributed by atoms with van der Waals surface area (Å²) in [5, 5.41) is 0. The van der Waals surface area contributed by atoms with Crippen molar-refractivity contribution < 1.29 is 18.9 Å². The van der Waals surface area contributed by atoms with Crippen molar-refractivity contribution in [1.82, 2.24) is 0 Å². The van der Waals surface area contributed by atoms with Gasteiger partial charge in [0.25, 0.3) is 0 Å². The van der Waals surface area contributed by atoms with Gasteiger partial charge in [-0.15, -0.1) is 0 Å². The molecular formula is C34H33O4. The van der Waals surface area contributed by atoms with Crippen molar-refractivity contribution in [1.29, 1.82) is 0 Å². The molecule has 0 amide bonds. The van der Waals surface area contributed by atoms with Crippen molar-refractivity contribution in [2.45, 2.75) is 13.8 Å². The lowest BCUT2D eigenvalue weighted by molar-refractivity contribution is 0.337. The molecule has 0 fully saturated rings. The minimum Gasteiger partial charge on any atom is -0.496 e. The van der Waals surface area contributed by atoms with E-state index < -0.39 is 0 Å². The highest BCUT2D eigenvalue weighted by molar-refractivity contribution is 5.89. The van der Waals surface area contributed by atoms with Crippen LogP contribution in [0.3, 0.4) is 0 Å². The summed E-state index contributed by atoms with van der Waals surface area (Å²) in [7, 11) is 3.35. The van der Waals surface area contributed by atoms with Crippen molar-refractivity contribution >= 4 is 11.1 Å². The van der Waals surface area contributed by atoms with Crippen LogP contribution in [-0.4, -0.2) is 27.4 Å². The molecule has 193 valence electrons. The fourth-order valence-electron chi connectivity index (χ4n) is 4.39. The first kappa shape index (κ1) is 26.6. The van der Waals surface area contributed by atoms with E-state index in [0.717, 1.165) is 56.4 Å². The number of hydrogen-bond donors (Lipinski definition) is 0. The Labute approximate surface area is 225 Å². The molecule has 0 bridgehead atoms. The van der Waals surface area contributed by atoms with Gasteiger partial charge in [0.15, 0.2) is 0 Å². The van der Waals surface area contributed by atoms with Crippen LogP contribution in [0.2, 0.25) is 0 Å². The molecule has 38 heavy (non-hydrogen) atoms. The average Bonchev–Trinajstić information content (AvgIpc) is 2.97. The van der Waals surface area contributed by atoms with Crippen LogP contribution in [0, 0.1) is 6.08 Å². The summed E-state index contributed by atoms with van der Waals surface area (Å²) in [6.07, 6.45) is 5.62. The number of para-hydroxylation sites is 4. The van der Waals surface area contributed by atoms with Crippen LogP contribution in [0.5, 0.6) is 23.0 Å². The number of ether oxygens (including phenoxy) is 4. The molecule has 4 aromatic rings. The van der Waals surface area contributed by atoms with Gasteiger partial charge in [-0.05, 0) is 55.8 Å². The maximum absolute atomic E-state index is 6.03. The summed E-state index contributed by atoms with van der Waals surface area (Å²) in [6.45, 7) is 5.10. The van der Waals surface area contributed by atoms with Crippen molar-refractivity contribution in [3.05, 3.63) is 131 Å². The first-order chi connectivity index (χ1) is 18.7. The van der Waals surface area contributed by atoms with Gasteiger partial charge in [0.05, 0.1) is 27.4 Å². The molecule has 4 nitrogen and oxygen atoms in total. The van der Waals surface area contributed by atoms with Gasteiger partial charge in [0.1, 0.15) is 23.0 Å². The van der Waals surface area contributed by atoms with E-state index in [2.05, 4.69) is 18.2 Å². The summed E-state index contributed by atoms with van der Waals surface area (Å²) < 4.78 is 23.5. The second-order valence-corrected chi connectivity index (χ2v) is 8.34. The Bertz CT molecular complexity index is 1320. The van der Waals surface area contributed by atoms with Gasteiger partial charge in [0.2, 0.25) is 0 Å². The number of allylic oxidation sites excluding steroid dienone is 2. The van der Waals surface area contributed by atoms with Gasteiger partial charge in [-0.1, -0.05) is 72.8 Å². The zero-order valence-electron chi connectivity index (χ0n) is 22.4. The second-order valence-electron chi connectivity index (χ2n) is 8.34. The molecule has 0 aliphatic carbocycles. The lowest BCUT2D eigenvalue weighted by Gasteiger charge is -2.17. The minimum absolute atomic E-state index is 0.560. The number of benzene rings is 4. The smallest absolute Gasteiger partial charge is 0.127 e. The number of rotatable bonds is 11. The maximum Gasteiger partial charge on any atom is 0.127 e. The Kier molecular flexibility index (Phi) is 9.25. The largest absolute Gasteiger partial charge is 0.496 e. The molecule has 0 spiro atoms. The lowest BCUT2D eigenvalue weighted by Crippen LogP contribution is -2.01. The predicted molar refractivity (Wildman–Crippen MR) is 154 cm³/mol. The van der Waals surface area contributed by atoms with Crippen molar-refractivity contribution in [2.75, 3.05) is 27.4 Å². The Hall–Kier alpha value is -4.44. The third kappa shape index (κ3) is 5.92. The molecule has 0 unspecified atom stereocenters. The fraction of sp³-hybridized carbons (Fsp3) is 0.176. The molecule has 0 saturated carbocycles. The van der Waals surface area contributed by atoms with E-state index in [0.29, 0.717) is 13.2 Å². The molecule has 4 heteroatoms. The highest BCUT2D eigenvalue weighted by atomic mass is 16.5. The summed E-state index contributed by atoms with van der Waals surface area (Å²) in [6, 6.07) is 32.0. The molecule has 4 rings (SSSR count). The van der Waals surface area contributed by atoms with Gasteiger partial charge >= 0.3 is 0 Å². The molecule has 0 aliphatic rings. The summed E-state index contributed by atoms with van der Waals surface area (Å²) >= 11 is 0. The Morgan fingerprint density at radius 3 is 1.32 bits per heavy atom. The SMILES string of the molecule is CCOc1ccccc1C(=C[C]=C(c1ccccc1OC)c1ccccc1OC)c1ccccc1OCC. The van der Waals surface area contributed by atoms with Crippen LogP contribution in [0.15, 0.2) is 103 Å². The minimum atomic E-state index is 0.560. The Morgan fingerprint density at radius 1 is 0.553 bits per heavy atom. The van der Waals surface area contributed by atoms with Crippen LogP contribution in [0.1, 0.15) is 36.1 Å². The van der Waals surface area contributed by atoms with E-state index in [-0.39, 0.29) is 0 Å². The molecule has 0 saturated heterocycles. The van der Waals surface area contributed by atoms with Gasteiger partial charge in [-0.2, -0.15) is 0 Å². The normalized spacial score (nSPS) is 10.3. The molecular weight excluding hydrogens is 472 g/mol. The maximum atomic E-state index is 6.03. The number of hydrogen-bond acceptors (Lipinski definition) is 4. The topological polar surface area (TPSA) is 36.9 Å². The van der Waals surface area contributed by atoms with Crippen molar-refractivity contribution in [3.63, 3.8) is 0 Å². The van der Waals surface area contributed by atoms with Crippen LogP contribution in [0.25, 0.3) is 11.1 Å². The van der Waals surface area contributed by atoms with E-state index in [1.54, 1.807) is 14.2 Å². The van der Waals surface area contributed by atoms with Crippen molar-refractivity contribution in [3.8, 4) is 23.0 Å². The van der Waals surface area contributed by atoms with Gasteiger partial charge in [-0.3, -0.25) is 0 Å². The summed E-state index contributed by atoms with van der Waals surface area (Å²) in [5.41, 5.74) is 5.50. The van der Waals surface area contributed by atoms with Crippen LogP contribution in [0.4, 0.5) is 0 Å². The first-order valence-corrected chi connectivity index (χ1v) is 12.8. The monoisotopic (exact) mass is 505 g/mol. The molecule has 4 aromatic carbocycles. The zero-order chi connectivity index (χ0) is 26.7. The summed E-state index contributed by atoms with van der Waals surface area (Å²) in [4.78, 5) is 0. The summed E-state index contributed by atoms with van der Waals surface area (Å²) in [5.74, 6) is 3.09. The van der Waals surface area contributed by atoms with E-state index in [9.17, 15) is 0 Å². The lowest BCUT2D eigenvalue weighted by atomic mass is 9.92. The van der Waals surface area contributed by atoms with E-state index in [1.807, 2.05) is 105 Å². The molecule has 0 aliphatic heterocycles. The van der Waals surface area contributed by atoms with Gasteiger partial charge in [0, 0.05) is 27.8 Å². The standard InChI is InChI=1S/C34H33O4/c1-5-37-33-21-13-9-17-29(33)26(30-18-10-14-22-34(30)38-6-2)24-23-25(27-15-7-11-19-31(27)35-3)28-16-8-12-20-32(28)36-4/h7-22,24H,5-6H2,1-4H3. The van der Waals surface area contributed by atoms with Gasteiger partial charge < -0.3 is 18.9 Å². The Balaban J connectivity index is 2.03. The fourth-order valence-corrected chi connectivity index (χ4v) is 4.39. The number of methoxy groups -OCH3 is 2. The third-order valence-electron chi connectivity index (χ3n) is 6.07. The first-order valence-electron chi connectivity index (χ1n) is 12.8. The van der Waals surface area contributed by atoms with Crippen LogP contribution >= 0.6 is 0 Å². The zero-order valence-corrected chi connectivity index (χ0v) is 22.4. The molecule has 0 aromatic heterocycles. The van der Waals surface area contributed by atoms with E-state index >= 15 is 0 Å². The molecule has 0 heterocycles. The van der Waals surface area contributed by atoms with Gasteiger partial charge in [-0.25, -0.2) is 0 Å². The van der Waals surface area contributed by atoms with E-state index in [4.69, 9.17) is 18.9 Å². The molecule has 0 N–H and O–H groups in total. The second kappa shape index (κ2) is 13.2. The third-order valence-corrected chi connectivity index (χ3v) is 6.07. The molecule has 1 radical (unpaired) electrons. The quantitative estimate of drug-likeness (QED) is 0.194. The van der Waals surface area contributed by atoms with E-state index in [1.165, 1.54) is 0 Å². The van der Waals surface area contributed by atoms with Crippen molar-refractivity contribution in [2.24, 2.45) is 0 Å². The predicted octanol–water partition coefficient (Wildman–Crippen LogP) is 7.87. The highest BCUT2D eigenvalue weighted by Crippen LogP contribution is 2.39.